The summed E-state index contributed by atoms with van der Waals surface area (Å²) in [6.07, 6.45) is 5.06. The maximum Gasteiger partial charge on any atom is 0.150 e. The Balaban J connectivity index is 2.12. The fraction of sp³-hybridized carbons (Fsp3) is 0.750. The van der Waals surface area contributed by atoms with Crippen LogP contribution in [-0.2, 0) is 19.4 Å². The topological polar surface area (TPSA) is 56.7 Å². The molecule has 2 rings (SSSR count). The number of nitrogens with two attached hydrogens (primary N) is 1. The van der Waals surface area contributed by atoms with Gasteiger partial charge in [0.25, 0.3) is 0 Å². The van der Waals surface area contributed by atoms with Gasteiger partial charge in [0.15, 0.2) is 5.82 Å². The van der Waals surface area contributed by atoms with Gasteiger partial charge >= 0.3 is 0 Å². The van der Waals surface area contributed by atoms with Gasteiger partial charge in [-0.25, -0.2) is 9.67 Å². The SMILES string of the molecule is CCc1nc(CC)n(CC2(CC(N)=S)CC2)n1. The predicted molar refractivity (Wildman–Crippen MR) is 71.8 cm³/mol. The Bertz CT molecular complexity index is 420. The van der Waals surface area contributed by atoms with Crippen LogP contribution < -0.4 is 5.73 Å². The number of hydrogen-bond donors (Lipinski definition) is 1. The third-order valence-corrected chi connectivity index (χ3v) is 3.56. The maximum absolute atomic E-state index is 5.66. The zero-order valence-electron chi connectivity index (χ0n) is 10.6. The molecular weight excluding hydrogens is 232 g/mol. The number of nitrogens with zero attached hydrogens (tertiary/aromatic N) is 3. The molecule has 0 atom stereocenters. The van der Waals surface area contributed by atoms with Crippen LogP contribution in [0, 0.1) is 5.41 Å². The molecule has 4 nitrogen and oxygen atoms in total. The summed E-state index contributed by atoms with van der Waals surface area (Å²) in [6.45, 7) is 5.12. The lowest BCUT2D eigenvalue weighted by Gasteiger charge is -2.15. The van der Waals surface area contributed by atoms with Crippen molar-refractivity contribution in [3.8, 4) is 0 Å². The first-order valence-corrected chi connectivity index (χ1v) is 6.70. The fourth-order valence-electron chi connectivity index (χ4n) is 2.22. The molecule has 0 bridgehead atoms. The van der Waals surface area contributed by atoms with E-state index >= 15 is 0 Å². The standard InChI is InChI=1S/C12H20N4S/c1-3-10-14-11(4-2)16(15-10)8-12(5-6-12)7-9(13)17/h3-8H2,1-2H3,(H2,13,17). The highest BCUT2D eigenvalue weighted by molar-refractivity contribution is 7.80. The number of hydrogen-bond acceptors (Lipinski definition) is 3. The van der Waals surface area contributed by atoms with E-state index < -0.39 is 0 Å². The van der Waals surface area contributed by atoms with Gasteiger partial charge in [-0.2, -0.15) is 5.10 Å². The van der Waals surface area contributed by atoms with Crippen molar-refractivity contribution in [2.45, 2.75) is 52.5 Å². The Hall–Kier alpha value is -0.970. The van der Waals surface area contributed by atoms with Crippen LogP contribution in [0.25, 0.3) is 0 Å². The van der Waals surface area contributed by atoms with Crippen LogP contribution in [0.3, 0.4) is 0 Å². The average molecular weight is 252 g/mol. The second kappa shape index (κ2) is 4.72. The van der Waals surface area contributed by atoms with Crippen LogP contribution in [0.1, 0.15) is 44.8 Å². The van der Waals surface area contributed by atoms with Gasteiger partial charge in [-0.05, 0) is 18.3 Å². The second-order valence-corrected chi connectivity index (χ2v) is 5.48. The highest BCUT2D eigenvalue weighted by atomic mass is 32.1. The molecule has 0 saturated heterocycles. The molecule has 0 radical (unpaired) electrons. The van der Waals surface area contributed by atoms with E-state index in [9.17, 15) is 0 Å². The molecule has 1 fully saturated rings. The fourth-order valence-corrected chi connectivity index (χ4v) is 2.53. The molecule has 94 valence electrons. The summed E-state index contributed by atoms with van der Waals surface area (Å²) in [5.41, 5.74) is 5.93. The molecule has 0 spiro atoms. The molecule has 1 aromatic heterocycles. The van der Waals surface area contributed by atoms with E-state index in [1.165, 1.54) is 12.8 Å². The summed E-state index contributed by atoms with van der Waals surface area (Å²) in [7, 11) is 0. The summed E-state index contributed by atoms with van der Waals surface area (Å²) in [5, 5.41) is 4.55. The molecule has 1 heterocycles. The van der Waals surface area contributed by atoms with Crippen molar-refractivity contribution in [2.75, 3.05) is 0 Å². The minimum Gasteiger partial charge on any atom is -0.393 e. The van der Waals surface area contributed by atoms with Gasteiger partial charge in [-0.1, -0.05) is 26.1 Å². The third-order valence-electron chi connectivity index (χ3n) is 3.42. The first kappa shape index (κ1) is 12.5. The Morgan fingerprint density at radius 2 is 2.12 bits per heavy atom. The first-order chi connectivity index (χ1) is 8.08. The largest absolute Gasteiger partial charge is 0.393 e. The minimum absolute atomic E-state index is 0.272. The Kier molecular flexibility index (Phi) is 3.47. The van der Waals surface area contributed by atoms with Crippen LogP contribution in [0.4, 0.5) is 0 Å². The molecule has 1 aliphatic rings. The minimum atomic E-state index is 0.272. The molecule has 0 amide bonds. The first-order valence-electron chi connectivity index (χ1n) is 6.29. The molecule has 5 heteroatoms. The lowest BCUT2D eigenvalue weighted by molar-refractivity contribution is 0.399. The van der Waals surface area contributed by atoms with Crippen molar-refractivity contribution in [2.24, 2.45) is 11.1 Å². The van der Waals surface area contributed by atoms with E-state index in [0.29, 0.717) is 4.99 Å². The predicted octanol–water partition coefficient (Wildman–Crippen LogP) is 1.86. The highest BCUT2D eigenvalue weighted by Crippen LogP contribution is 2.50. The van der Waals surface area contributed by atoms with E-state index in [2.05, 4.69) is 28.6 Å². The Morgan fingerprint density at radius 3 is 2.59 bits per heavy atom. The van der Waals surface area contributed by atoms with E-state index in [1.807, 2.05) is 0 Å². The zero-order valence-corrected chi connectivity index (χ0v) is 11.4. The maximum atomic E-state index is 5.66. The molecule has 1 saturated carbocycles. The summed E-state index contributed by atoms with van der Waals surface area (Å²) >= 11 is 5.02. The monoisotopic (exact) mass is 252 g/mol. The third kappa shape index (κ3) is 2.83. The molecule has 0 aromatic carbocycles. The molecular formula is C12H20N4S. The van der Waals surface area contributed by atoms with Crippen molar-refractivity contribution in [1.29, 1.82) is 0 Å². The normalized spacial score (nSPS) is 17.1. The number of aromatic nitrogens is 3. The summed E-state index contributed by atoms with van der Waals surface area (Å²) in [4.78, 5) is 5.15. The molecule has 1 aromatic rings. The van der Waals surface area contributed by atoms with Gasteiger partial charge in [0.2, 0.25) is 0 Å². The van der Waals surface area contributed by atoms with Crippen LogP contribution in [0.5, 0.6) is 0 Å². The highest BCUT2D eigenvalue weighted by Gasteiger charge is 2.43. The molecule has 0 aliphatic heterocycles. The summed E-state index contributed by atoms with van der Waals surface area (Å²) < 4.78 is 2.06. The van der Waals surface area contributed by atoms with Crippen LogP contribution in [0.2, 0.25) is 0 Å². The zero-order chi connectivity index (χ0) is 12.5. The van der Waals surface area contributed by atoms with Crippen molar-refractivity contribution < 1.29 is 0 Å². The van der Waals surface area contributed by atoms with E-state index in [-0.39, 0.29) is 5.41 Å². The summed E-state index contributed by atoms with van der Waals surface area (Å²) in [6, 6.07) is 0. The van der Waals surface area contributed by atoms with Gasteiger partial charge in [0.05, 0.1) is 4.99 Å². The molecule has 2 N–H and O–H groups in total. The number of thiocarbonyl (C=S) groups is 1. The molecule has 1 aliphatic carbocycles. The quantitative estimate of drug-likeness (QED) is 0.785. The van der Waals surface area contributed by atoms with Crippen LogP contribution in [-0.4, -0.2) is 19.8 Å². The van der Waals surface area contributed by atoms with Crippen molar-refractivity contribution in [3.05, 3.63) is 11.6 Å². The Morgan fingerprint density at radius 1 is 1.41 bits per heavy atom. The van der Waals surface area contributed by atoms with Crippen molar-refractivity contribution >= 4 is 17.2 Å². The van der Waals surface area contributed by atoms with Gasteiger partial charge in [0.1, 0.15) is 5.82 Å². The smallest absolute Gasteiger partial charge is 0.150 e. The second-order valence-electron chi connectivity index (χ2n) is 4.95. The lowest BCUT2D eigenvalue weighted by Crippen LogP contribution is -2.21. The lowest BCUT2D eigenvalue weighted by atomic mass is 10.0. The Labute approximate surface area is 108 Å². The average Bonchev–Trinajstić information content (AvgIpc) is 2.90. The van der Waals surface area contributed by atoms with Gasteiger partial charge in [0, 0.05) is 25.8 Å². The van der Waals surface area contributed by atoms with E-state index in [0.717, 1.165) is 37.5 Å². The molecule has 17 heavy (non-hydrogen) atoms. The van der Waals surface area contributed by atoms with Gasteiger partial charge in [-0.15, -0.1) is 0 Å². The number of aryl methyl sites for hydroxylation is 2. The molecule has 0 unspecified atom stereocenters. The number of rotatable bonds is 6. The van der Waals surface area contributed by atoms with Crippen LogP contribution in [0.15, 0.2) is 0 Å². The van der Waals surface area contributed by atoms with Gasteiger partial charge < -0.3 is 5.73 Å². The van der Waals surface area contributed by atoms with Gasteiger partial charge in [-0.3, -0.25) is 0 Å². The van der Waals surface area contributed by atoms with Crippen LogP contribution >= 0.6 is 12.2 Å². The van der Waals surface area contributed by atoms with Crippen molar-refractivity contribution in [1.82, 2.24) is 14.8 Å². The summed E-state index contributed by atoms with van der Waals surface area (Å²) in [5.74, 6) is 2.02. The van der Waals surface area contributed by atoms with Crippen molar-refractivity contribution in [3.63, 3.8) is 0 Å². The van der Waals surface area contributed by atoms with E-state index in [4.69, 9.17) is 18.0 Å². The van der Waals surface area contributed by atoms with E-state index in [1.54, 1.807) is 0 Å².